The van der Waals surface area contributed by atoms with E-state index in [1.54, 1.807) is 6.20 Å². The van der Waals surface area contributed by atoms with Gasteiger partial charge in [-0.2, -0.15) is 0 Å². The summed E-state index contributed by atoms with van der Waals surface area (Å²) in [5.74, 6) is 1.00. The lowest BCUT2D eigenvalue weighted by molar-refractivity contribution is 0.0523. The second-order valence-corrected chi connectivity index (χ2v) is 8.96. The third kappa shape index (κ3) is 3.85. The van der Waals surface area contributed by atoms with Gasteiger partial charge in [-0.3, -0.25) is 14.3 Å². The molecule has 0 N–H and O–H groups in total. The van der Waals surface area contributed by atoms with Crippen molar-refractivity contribution in [1.29, 1.82) is 0 Å². The molecule has 1 saturated carbocycles. The molecule has 31 heavy (non-hydrogen) atoms. The number of nitrogens with zero attached hydrogens (tertiary/aromatic N) is 5. The average Bonchev–Trinajstić information content (AvgIpc) is 3.15. The van der Waals surface area contributed by atoms with Crippen molar-refractivity contribution in [2.45, 2.75) is 52.0 Å². The number of carbonyl (C=O) groups is 1. The number of pyridine rings is 1. The number of carbonyl (C=O) groups excluding carboxylic acids is 1. The molecular weight excluding hydrogens is 386 g/mol. The molecular formula is C25H31N5O. The number of aryl methyl sites for hydroxylation is 2. The summed E-state index contributed by atoms with van der Waals surface area (Å²) in [6, 6.07) is 10.6. The first-order chi connectivity index (χ1) is 15.1. The topological polar surface area (TPSA) is 54.3 Å². The molecule has 6 heteroatoms. The highest BCUT2D eigenvalue weighted by atomic mass is 16.2. The van der Waals surface area contributed by atoms with Crippen molar-refractivity contribution in [3.8, 4) is 5.69 Å². The number of amides is 1. The fourth-order valence-electron chi connectivity index (χ4n) is 5.22. The van der Waals surface area contributed by atoms with Gasteiger partial charge >= 0.3 is 0 Å². The summed E-state index contributed by atoms with van der Waals surface area (Å²) in [6.07, 6.45) is 8.52. The van der Waals surface area contributed by atoms with Gasteiger partial charge in [0, 0.05) is 44.0 Å². The number of benzene rings is 1. The monoisotopic (exact) mass is 417 g/mol. The third-order valence-corrected chi connectivity index (χ3v) is 6.97. The summed E-state index contributed by atoms with van der Waals surface area (Å²) >= 11 is 0. The van der Waals surface area contributed by atoms with Crippen LogP contribution in [0.25, 0.3) is 16.9 Å². The lowest BCUT2D eigenvalue weighted by atomic mass is 9.94. The summed E-state index contributed by atoms with van der Waals surface area (Å²) in [5.41, 5.74) is 4.52. The highest BCUT2D eigenvalue weighted by molar-refractivity contribution is 5.95. The van der Waals surface area contributed by atoms with E-state index in [4.69, 9.17) is 0 Å². The van der Waals surface area contributed by atoms with Crippen LogP contribution >= 0.6 is 0 Å². The van der Waals surface area contributed by atoms with Gasteiger partial charge in [-0.15, -0.1) is 0 Å². The van der Waals surface area contributed by atoms with E-state index in [0.717, 1.165) is 66.0 Å². The number of hydrogen-bond donors (Lipinski definition) is 0. The normalized spacial score (nSPS) is 18.6. The average molecular weight is 418 g/mol. The minimum atomic E-state index is 0.125. The molecule has 1 aliphatic heterocycles. The Kier molecular flexibility index (Phi) is 5.48. The van der Waals surface area contributed by atoms with E-state index < -0.39 is 0 Å². The molecule has 1 aliphatic carbocycles. The summed E-state index contributed by atoms with van der Waals surface area (Å²) in [7, 11) is 0. The first-order valence-electron chi connectivity index (χ1n) is 11.6. The van der Waals surface area contributed by atoms with Gasteiger partial charge in [0.25, 0.3) is 5.91 Å². The van der Waals surface area contributed by atoms with E-state index in [1.165, 1.54) is 32.1 Å². The summed E-state index contributed by atoms with van der Waals surface area (Å²) in [6.45, 7) is 7.66. The van der Waals surface area contributed by atoms with Gasteiger partial charge in [0.15, 0.2) is 5.65 Å². The molecule has 6 nitrogen and oxygen atoms in total. The van der Waals surface area contributed by atoms with Crippen molar-refractivity contribution in [3.05, 3.63) is 53.5 Å². The highest BCUT2D eigenvalue weighted by Gasteiger charge is 2.27. The van der Waals surface area contributed by atoms with Gasteiger partial charge in [0.1, 0.15) is 11.3 Å². The maximum absolute atomic E-state index is 13.3. The number of imidazole rings is 1. The van der Waals surface area contributed by atoms with E-state index >= 15 is 0 Å². The van der Waals surface area contributed by atoms with Crippen LogP contribution in [0, 0.1) is 13.8 Å². The molecule has 3 heterocycles. The van der Waals surface area contributed by atoms with E-state index in [0.29, 0.717) is 0 Å². The van der Waals surface area contributed by atoms with Gasteiger partial charge in [-0.05, 0) is 56.5 Å². The minimum absolute atomic E-state index is 0.125. The standard InChI is InChI=1S/C25H31N5O/c1-18-10-11-20(17-23(18)30-19(2)27-22-9-6-12-26-24(22)30)25(31)29-15-13-28(14-16-29)21-7-4-3-5-8-21/h6,9-12,17,21H,3-5,7-8,13-16H2,1-2H3. The van der Waals surface area contributed by atoms with Crippen molar-refractivity contribution < 1.29 is 4.79 Å². The van der Waals surface area contributed by atoms with Crippen molar-refractivity contribution in [3.63, 3.8) is 0 Å². The van der Waals surface area contributed by atoms with E-state index in [1.807, 2.05) is 42.2 Å². The van der Waals surface area contributed by atoms with Crippen LogP contribution in [-0.4, -0.2) is 62.5 Å². The molecule has 1 saturated heterocycles. The third-order valence-electron chi connectivity index (χ3n) is 6.97. The first kappa shape index (κ1) is 20.2. The molecule has 3 aromatic rings. The lowest BCUT2D eigenvalue weighted by Crippen LogP contribution is -2.52. The predicted octanol–water partition coefficient (Wildman–Crippen LogP) is 4.13. The molecule has 0 unspecified atom stereocenters. The van der Waals surface area contributed by atoms with Crippen LogP contribution in [0.1, 0.15) is 53.8 Å². The Labute approximate surface area is 183 Å². The first-order valence-corrected chi connectivity index (χ1v) is 11.6. The quantitative estimate of drug-likeness (QED) is 0.643. The van der Waals surface area contributed by atoms with Gasteiger partial charge in [-0.1, -0.05) is 25.3 Å². The second kappa shape index (κ2) is 8.42. The number of hydrogen-bond acceptors (Lipinski definition) is 4. The Morgan fingerprint density at radius 1 is 1.00 bits per heavy atom. The zero-order valence-corrected chi connectivity index (χ0v) is 18.5. The largest absolute Gasteiger partial charge is 0.336 e. The Morgan fingerprint density at radius 3 is 2.55 bits per heavy atom. The number of rotatable bonds is 3. The van der Waals surface area contributed by atoms with E-state index in [9.17, 15) is 4.79 Å². The zero-order valence-electron chi connectivity index (χ0n) is 18.5. The van der Waals surface area contributed by atoms with Crippen molar-refractivity contribution in [2.75, 3.05) is 26.2 Å². The molecule has 1 amide bonds. The maximum Gasteiger partial charge on any atom is 0.254 e. The summed E-state index contributed by atoms with van der Waals surface area (Å²) in [4.78, 5) is 27.1. The number of aromatic nitrogens is 3. The molecule has 2 aliphatic rings. The Bertz CT molecular complexity index is 1090. The number of piperazine rings is 1. The van der Waals surface area contributed by atoms with Crippen LogP contribution in [0.3, 0.4) is 0 Å². The van der Waals surface area contributed by atoms with Gasteiger partial charge in [0.05, 0.1) is 5.69 Å². The van der Waals surface area contributed by atoms with Crippen LogP contribution < -0.4 is 0 Å². The Morgan fingerprint density at radius 2 is 1.77 bits per heavy atom. The minimum Gasteiger partial charge on any atom is -0.336 e. The van der Waals surface area contributed by atoms with Crippen molar-refractivity contribution in [2.24, 2.45) is 0 Å². The molecule has 5 rings (SSSR count). The Hall–Kier alpha value is -2.73. The fourth-order valence-corrected chi connectivity index (χ4v) is 5.22. The molecule has 0 bridgehead atoms. The van der Waals surface area contributed by atoms with E-state index in [2.05, 4.69) is 26.4 Å². The summed E-state index contributed by atoms with van der Waals surface area (Å²) < 4.78 is 2.06. The van der Waals surface area contributed by atoms with Crippen molar-refractivity contribution >= 4 is 17.1 Å². The lowest BCUT2D eigenvalue weighted by Gasteiger charge is -2.40. The zero-order chi connectivity index (χ0) is 21.4. The molecule has 2 aromatic heterocycles. The number of fused-ring (bicyclic) bond motifs is 1. The summed E-state index contributed by atoms with van der Waals surface area (Å²) in [5, 5.41) is 0. The maximum atomic E-state index is 13.3. The van der Waals surface area contributed by atoms with Gasteiger partial charge in [0.2, 0.25) is 0 Å². The SMILES string of the molecule is Cc1ccc(C(=O)N2CCN(C3CCCCC3)CC2)cc1-n1c(C)nc2cccnc21. The van der Waals surface area contributed by atoms with Crippen molar-refractivity contribution in [1.82, 2.24) is 24.3 Å². The van der Waals surface area contributed by atoms with E-state index in [-0.39, 0.29) is 5.91 Å². The van der Waals surface area contributed by atoms with Crippen LogP contribution in [0.15, 0.2) is 36.5 Å². The van der Waals surface area contributed by atoms with Crippen LogP contribution in [0.5, 0.6) is 0 Å². The van der Waals surface area contributed by atoms with Crippen LogP contribution in [0.2, 0.25) is 0 Å². The molecule has 2 fully saturated rings. The Balaban J connectivity index is 1.37. The second-order valence-electron chi connectivity index (χ2n) is 8.96. The van der Waals surface area contributed by atoms with Crippen LogP contribution in [0.4, 0.5) is 0 Å². The smallest absolute Gasteiger partial charge is 0.254 e. The molecule has 0 spiro atoms. The van der Waals surface area contributed by atoms with Gasteiger partial charge < -0.3 is 4.90 Å². The van der Waals surface area contributed by atoms with Gasteiger partial charge in [-0.25, -0.2) is 9.97 Å². The van der Waals surface area contributed by atoms with Crippen LogP contribution in [-0.2, 0) is 0 Å². The molecule has 0 atom stereocenters. The predicted molar refractivity (Wildman–Crippen MR) is 123 cm³/mol. The molecule has 162 valence electrons. The highest BCUT2D eigenvalue weighted by Crippen LogP contribution is 2.26. The molecule has 1 aromatic carbocycles. The fraction of sp³-hybridized carbons (Fsp3) is 0.480. The molecule has 0 radical (unpaired) electrons.